The first kappa shape index (κ1) is 19.8. The number of hydrogen-bond donors (Lipinski definition) is 1. The Labute approximate surface area is 146 Å². The average Bonchev–Trinajstić information content (AvgIpc) is 2.58. The number of carbonyl (C=O) groups is 1. The van der Waals surface area contributed by atoms with Gasteiger partial charge in [-0.2, -0.15) is 0 Å². The Morgan fingerprint density at radius 1 is 1.35 bits per heavy atom. The van der Waals surface area contributed by atoms with Gasteiger partial charge in [0.05, 0.1) is 7.11 Å². The van der Waals surface area contributed by atoms with E-state index in [-0.39, 0.29) is 18.3 Å². The van der Waals surface area contributed by atoms with Gasteiger partial charge in [-0.3, -0.25) is 4.79 Å². The van der Waals surface area contributed by atoms with E-state index in [2.05, 4.69) is 11.4 Å². The lowest BCUT2D eigenvalue weighted by atomic mass is 9.93. The van der Waals surface area contributed by atoms with Gasteiger partial charge in [-0.15, -0.1) is 12.4 Å². The van der Waals surface area contributed by atoms with Gasteiger partial charge in [0.15, 0.2) is 0 Å². The van der Waals surface area contributed by atoms with E-state index in [0.717, 1.165) is 56.1 Å². The smallest absolute Gasteiger partial charge is 0.222 e. The van der Waals surface area contributed by atoms with Crippen LogP contribution in [0.5, 0.6) is 5.75 Å². The number of carbonyl (C=O) groups excluding carboxylic acids is 1. The number of amides is 1. The number of nitrogens with zero attached hydrogens (tertiary/aromatic N) is 1. The van der Waals surface area contributed by atoms with Crippen LogP contribution in [0.25, 0.3) is 0 Å². The average molecular weight is 341 g/mol. The number of nitrogens with one attached hydrogen (secondary N) is 1. The van der Waals surface area contributed by atoms with Crippen molar-refractivity contribution in [3.05, 3.63) is 29.8 Å². The Hall–Kier alpha value is -1.26. The number of rotatable bonds is 7. The first-order valence-corrected chi connectivity index (χ1v) is 8.28. The van der Waals surface area contributed by atoms with E-state index >= 15 is 0 Å². The Kier molecular flexibility index (Phi) is 9.03. The molecular formula is C18H29ClN2O2. The number of methoxy groups -OCH3 is 1. The molecule has 0 aromatic heterocycles. The zero-order chi connectivity index (χ0) is 15.8. The molecule has 2 rings (SSSR count). The SMILES string of the molecule is CNCCC1CCN(C(=O)CCc2cccc(OC)c2)CC1.Cl. The number of likely N-dealkylation sites (tertiary alicyclic amines) is 1. The number of hydrogen-bond acceptors (Lipinski definition) is 3. The van der Waals surface area contributed by atoms with Crippen LogP contribution in [0.2, 0.25) is 0 Å². The van der Waals surface area contributed by atoms with E-state index in [1.165, 1.54) is 6.42 Å². The van der Waals surface area contributed by atoms with Crippen molar-refractivity contribution >= 4 is 18.3 Å². The van der Waals surface area contributed by atoms with E-state index in [0.29, 0.717) is 6.42 Å². The topological polar surface area (TPSA) is 41.6 Å². The van der Waals surface area contributed by atoms with Crippen LogP contribution in [-0.2, 0) is 11.2 Å². The predicted molar refractivity (Wildman–Crippen MR) is 96.4 cm³/mol. The van der Waals surface area contributed by atoms with Crippen LogP contribution in [0.4, 0.5) is 0 Å². The minimum absolute atomic E-state index is 0. The third-order valence-corrected chi connectivity index (χ3v) is 4.53. The van der Waals surface area contributed by atoms with Gasteiger partial charge < -0.3 is 15.0 Å². The second kappa shape index (κ2) is 10.5. The molecule has 1 amide bonds. The van der Waals surface area contributed by atoms with E-state index in [4.69, 9.17) is 4.74 Å². The summed E-state index contributed by atoms with van der Waals surface area (Å²) in [6.45, 7) is 2.92. The molecule has 0 aliphatic carbocycles. The van der Waals surface area contributed by atoms with Crippen molar-refractivity contribution in [1.82, 2.24) is 10.2 Å². The Morgan fingerprint density at radius 3 is 2.74 bits per heavy atom. The van der Waals surface area contributed by atoms with Gasteiger partial charge in [0.2, 0.25) is 5.91 Å². The molecule has 0 radical (unpaired) electrons. The molecular weight excluding hydrogens is 312 g/mol. The lowest BCUT2D eigenvalue weighted by Gasteiger charge is -2.32. The van der Waals surface area contributed by atoms with E-state index in [9.17, 15) is 4.79 Å². The van der Waals surface area contributed by atoms with Gasteiger partial charge in [0.1, 0.15) is 5.75 Å². The number of aryl methyl sites for hydroxylation is 1. The Morgan fingerprint density at radius 2 is 2.09 bits per heavy atom. The molecule has 1 aromatic rings. The molecule has 0 unspecified atom stereocenters. The van der Waals surface area contributed by atoms with Gasteiger partial charge in [0, 0.05) is 19.5 Å². The molecule has 130 valence electrons. The van der Waals surface area contributed by atoms with Crippen LogP contribution in [0.15, 0.2) is 24.3 Å². The number of ether oxygens (including phenoxy) is 1. The van der Waals surface area contributed by atoms with E-state index in [1.54, 1.807) is 7.11 Å². The summed E-state index contributed by atoms with van der Waals surface area (Å²) in [6, 6.07) is 7.98. The Balaban J connectivity index is 0.00000264. The number of benzene rings is 1. The first-order chi connectivity index (χ1) is 10.7. The molecule has 0 saturated carbocycles. The van der Waals surface area contributed by atoms with Gasteiger partial charge in [-0.1, -0.05) is 12.1 Å². The highest BCUT2D eigenvalue weighted by molar-refractivity contribution is 5.85. The summed E-state index contributed by atoms with van der Waals surface area (Å²) in [5, 5.41) is 3.21. The monoisotopic (exact) mass is 340 g/mol. The molecule has 1 aliphatic rings. The van der Waals surface area contributed by atoms with Crippen molar-refractivity contribution in [2.24, 2.45) is 5.92 Å². The van der Waals surface area contributed by atoms with Crippen molar-refractivity contribution in [2.75, 3.05) is 33.8 Å². The fraction of sp³-hybridized carbons (Fsp3) is 0.611. The van der Waals surface area contributed by atoms with Gasteiger partial charge in [-0.25, -0.2) is 0 Å². The van der Waals surface area contributed by atoms with Crippen LogP contribution in [-0.4, -0.2) is 44.6 Å². The zero-order valence-electron chi connectivity index (χ0n) is 14.2. The normalized spacial score (nSPS) is 15.1. The summed E-state index contributed by atoms with van der Waals surface area (Å²) in [5.74, 6) is 1.92. The summed E-state index contributed by atoms with van der Waals surface area (Å²) in [4.78, 5) is 14.4. The van der Waals surface area contributed by atoms with Crippen molar-refractivity contribution in [3.63, 3.8) is 0 Å². The van der Waals surface area contributed by atoms with Crippen LogP contribution < -0.4 is 10.1 Å². The fourth-order valence-corrected chi connectivity index (χ4v) is 3.06. The molecule has 1 aliphatic heterocycles. The van der Waals surface area contributed by atoms with Gasteiger partial charge >= 0.3 is 0 Å². The first-order valence-electron chi connectivity index (χ1n) is 8.28. The lowest BCUT2D eigenvalue weighted by molar-refractivity contribution is -0.132. The van der Waals surface area contributed by atoms with E-state index in [1.807, 2.05) is 30.1 Å². The number of piperidine rings is 1. The van der Waals surface area contributed by atoms with Crippen LogP contribution in [0, 0.1) is 5.92 Å². The Bertz CT molecular complexity index is 474. The highest BCUT2D eigenvalue weighted by atomic mass is 35.5. The van der Waals surface area contributed by atoms with Crippen LogP contribution >= 0.6 is 12.4 Å². The molecule has 4 nitrogen and oxygen atoms in total. The van der Waals surface area contributed by atoms with Crippen molar-refractivity contribution in [1.29, 1.82) is 0 Å². The van der Waals surface area contributed by atoms with Crippen LogP contribution in [0.1, 0.15) is 31.2 Å². The highest BCUT2D eigenvalue weighted by Crippen LogP contribution is 2.21. The third-order valence-electron chi connectivity index (χ3n) is 4.53. The van der Waals surface area contributed by atoms with Crippen molar-refractivity contribution < 1.29 is 9.53 Å². The summed E-state index contributed by atoms with van der Waals surface area (Å²) in [5.41, 5.74) is 1.16. The lowest BCUT2D eigenvalue weighted by Crippen LogP contribution is -2.39. The standard InChI is InChI=1S/C18H28N2O2.ClH/c1-19-11-8-15-9-12-20(13-10-15)18(21)7-6-16-4-3-5-17(14-16)22-2;/h3-5,14-15,19H,6-13H2,1-2H3;1H. The molecule has 0 spiro atoms. The quantitative estimate of drug-likeness (QED) is 0.829. The summed E-state index contributed by atoms with van der Waals surface area (Å²) in [6.07, 6.45) is 4.89. The summed E-state index contributed by atoms with van der Waals surface area (Å²) in [7, 11) is 3.67. The summed E-state index contributed by atoms with van der Waals surface area (Å²) >= 11 is 0. The third kappa shape index (κ3) is 6.40. The zero-order valence-corrected chi connectivity index (χ0v) is 15.0. The van der Waals surface area contributed by atoms with Crippen molar-refractivity contribution in [3.8, 4) is 5.75 Å². The van der Waals surface area contributed by atoms with Gasteiger partial charge in [0.25, 0.3) is 0 Å². The highest BCUT2D eigenvalue weighted by Gasteiger charge is 2.22. The second-order valence-corrected chi connectivity index (χ2v) is 6.07. The summed E-state index contributed by atoms with van der Waals surface area (Å²) < 4.78 is 5.22. The molecule has 1 N–H and O–H groups in total. The maximum atomic E-state index is 12.3. The largest absolute Gasteiger partial charge is 0.497 e. The van der Waals surface area contributed by atoms with E-state index < -0.39 is 0 Å². The molecule has 0 bridgehead atoms. The molecule has 1 heterocycles. The molecule has 23 heavy (non-hydrogen) atoms. The number of halogens is 1. The fourth-order valence-electron chi connectivity index (χ4n) is 3.06. The molecule has 1 aromatic carbocycles. The van der Waals surface area contributed by atoms with Crippen LogP contribution in [0.3, 0.4) is 0 Å². The maximum Gasteiger partial charge on any atom is 0.222 e. The second-order valence-electron chi connectivity index (χ2n) is 6.07. The molecule has 1 saturated heterocycles. The van der Waals surface area contributed by atoms with Gasteiger partial charge in [-0.05, 0) is 62.9 Å². The minimum Gasteiger partial charge on any atom is -0.497 e. The predicted octanol–water partition coefficient (Wildman–Crippen LogP) is 2.90. The minimum atomic E-state index is 0. The molecule has 1 fully saturated rings. The maximum absolute atomic E-state index is 12.3. The molecule has 5 heteroatoms. The van der Waals surface area contributed by atoms with Crippen molar-refractivity contribution in [2.45, 2.75) is 32.1 Å². The molecule has 0 atom stereocenters.